The van der Waals surface area contributed by atoms with Crippen LogP contribution >= 0.6 is 35.3 Å². The summed E-state index contributed by atoms with van der Waals surface area (Å²) in [5.41, 5.74) is 8.17. The van der Waals surface area contributed by atoms with E-state index in [1.54, 1.807) is 23.5 Å². The number of hydrogen-bond donors (Lipinski definition) is 3. The molecule has 4 N–H and O–H groups in total. The number of nitrogens with zero attached hydrogens (tertiary/aromatic N) is 1. The lowest BCUT2D eigenvalue weighted by atomic mass is 9.74. The van der Waals surface area contributed by atoms with Gasteiger partial charge in [0.1, 0.15) is 5.54 Å². The number of amides is 1. The highest BCUT2D eigenvalue weighted by molar-refractivity contribution is 7.14. The molecule has 1 amide bonds. The highest BCUT2D eigenvalue weighted by Crippen LogP contribution is 2.32. The summed E-state index contributed by atoms with van der Waals surface area (Å²) in [6, 6.07) is 8.86. The number of rotatable bonds is 4. The first kappa shape index (κ1) is 24.2. The molecule has 0 bridgehead atoms. The lowest BCUT2D eigenvalue weighted by molar-refractivity contribution is 0.0756. The van der Waals surface area contributed by atoms with Crippen molar-refractivity contribution in [3.05, 3.63) is 56.4 Å². The largest absolute Gasteiger partial charge is 0.352 e. The van der Waals surface area contributed by atoms with E-state index >= 15 is 0 Å². The molecule has 33 heavy (non-hydrogen) atoms. The zero-order valence-corrected chi connectivity index (χ0v) is 20.8. The van der Waals surface area contributed by atoms with E-state index in [-0.39, 0.29) is 24.1 Å². The molecule has 2 unspecified atom stereocenters. The van der Waals surface area contributed by atoms with Gasteiger partial charge in [-0.1, -0.05) is 24.4 Å². The summed E-state index contributed by atoms with van der Waals surface area (Å²) >= 11 is 7.64. The highest BCUT2D eigenvalue weighted by atomic mass is 35.5. The maximum absolute atomic E-state index is 13.6. The number of nitrogens with one attached hydrogen (secondary N) is 2. The Morgan fingerprint density at radius 1 is 1.27 bits per heavy atom. The van der Waals surface area contributed by atoms with Gasteiger partial charge in [0.25, 0.3) is 5.91 Å². The zero-order valence-electron chi connectivity index (χ0n) is 18.4. The summed E-state index contributed by atoms with van der Waals surface area (Å²) in [6.45, 7) is 1.88. The van der Waals surface area contributed by atoms with Crippen LogP contribution in [0.2, 0.25) is 5.02 Å². The molecule has 0 radical (unpaired) electrons. The highest BCUT2D eigenvalue weighted by Gasteiger charge is 2.45. The van der Waals surface area contributed by atoms with E-state index < -0.39 is 11.6 Å². The molecule has 3 heterocycles. The lowest BCUT2D eigenvalue weighted by Gasteiger charge is -2.40. The molecule has 1 aliphatic heterocycles. The Morgan fingerprint density at radius 2 is 2.09 bits per heavy atom. The van der Waals surface area contributed by atoms with Gasteiger partial charge in [-0.2, -0.15) is 0 Å². The van der Waals surface area contributed by atoms with E-state index in [0.29, 0.717) is 28.4 Å². The molecule has 2 aromatic heterocycles. The van der Waals surface area contributed by atoms with Gasteiger partial charge in [-0.15, -0.1) is 23.7 Å². The molecule has 1 aromatic carbocycles. The Labute approximate surface area is 208 Å². The summed E-state index contributed by atoms with van der Waals surface area (Å²) in [4.78, 5) is 34.1. The Kier molecular flexibility index (Phi) is 6.90. The third-order valence-electron chi connectivity index (χ3n) is 6.81. The smallest absolute Gasteiger partial charge is 0.261 e. The SMILES string of the molecule is CN1CCc2cc(C(=O)NC3CCCCC3(N)C(=O)c3cc4cc(Cl)ccc4[nH]3)sc2C1.Cl. The van der Waals surface area contributed by atoms with Crippen molar-refractivity contribution in [2.24, 2.45) is 5.73 Å². The molecular formula is C24H28Cl2N4O2S. The van der Waals surface area contributed by atoms with Crippen molar-refractivity contribution in [2.45, 2.75) is 50.2 Å². The first-order chi connectivity index (χ1) is 15.3. The van der Waals surface area contributed by atoms with Crippen LogP contribution < -0.4 is 11.1 Å². The maximum atomic E-state index is 13.6. The number of carbonyl (C=O) groups excluding carboxylic acids is 2. The van der Waals surface area contributed by atoms with Gasteiger partial charge in [-0.05, 0) is 62.2 Å². The van der Waals surface area contributed by atoms with Crippen LogP contribution in [0, 0.1) is 0 Å². The average molecular weight is 507 g/mol. The van der Waals surface area contributed by atoms with Gasteiger partial charge in [0.2, 0.25) is 5.78 Å². The molecular weight excluding hydrogens is 479 g/mol. The molecule has 0 spiro atoms. The molecule has 2 atom stereocenters. The average Bonchev–Trinajstić information content (AvgIpc) is 3.38. The number of likely N-dealkylation sites (N-methyl/N-ethyl adjacent to an activating group) is 1. The van der Waals surface area contributed by atoms with E-state index in [2.05, 4.69) is 22.2 Å². The molecule has 3 aromatic rings. The number of carbonyl (C=O) groups is 2. The molecule has 0 saturated heterocycles. The van der Waals surface area contributed by atoms with E-state index in [1.807, 2.05) is 18.2 Å². The minimum Gasteiger partial charge on any atom is -0.352 e. The molecule has 9 heteroatoms. The van der Waals surface area contributed by atoms with Crippen LogP contribution in [0.4, 0.5) is 0 Å². The topological polar surface area (TPSA) is 91.2 Å². The molecule has 6 nitrogen and oxygen atoms in total. The molecule has 2 aliphatic rings. The van der Waals surface area contributed by atoms with Gasteiger partial charge >= 0.3 is 0 Å². The van der Waals surface area contributed by atoms with Crippen LogP contribution in [0.3, 0.4) is 0 Å². The summed E-state index contributed by atoms with van der Waals surface area (Å²) in [5.74, 6) is -0.299. The monoisotopic (exact) mass is 506 g/mol. The number of halogens is 2. The first-order valence-electron chi connectivity index (χ1n) is 11.1. The number of fused-ring (bicyclic) bond motifs is 2. The number of hydrogen-bond acceptors (Lipinski definition) is 5. The van der Waals surface area contributed by atoms with Crippen LogP contribution in [-0.4, -0.2) is 46.7 Å². The van der Waals surface area contributed by atoms with E-state index in [0.717, 1.165) is 43.3 Å². The maximum Gasteiger partial charge on any atom is 0.261 e. The zero-order chi connectivity index (χ0) is 22.5. The fourth-order valence-electron chi connectivity index (χ4n) is 4.94. The van der Waals surface area contributed by atoms with Gasteiger partial charge in [0.05, 0.1) is 16.6 Å². The number of aromatic amines is 1. The number of ketones is 1. The van der Waals surface area contributed by atoms with Crippen molar-refractivity contribution < 1.29 is 9.59 Å². The number of benzene rings is 1. The molecule has 1 aliphatic carbocycles. The van der Waals surface area contributed by atoms with E-state index in [1.165, 1.54) is 10.4 Å². The van der Waals surface area contributed by atoms with E-state index in [4.69, 9.17) is 17.3 Å². The fraction of sp³-hybridized carbons (Fsp3) is 0.417. The first-order valence-corrected chi connectivity index (χ1v) is 12.3. The van der Waals surface area contributed by atoms with Crippen molar-refractivity contribution in [1.29, 1.82) is 0 Å². The Morgan fingerprint density at radius 3 is 2.91 bits per heavy atom. The van der Waals surface area contributed by atoms with Gasteiger partial charge in [-0.25, -0.2) is 0 Å². The summed E-state index contributed by atoms with van der Waals surface area (Å²) < 4.78 is 0. The Bertz CT molecular complexity index is 1210. The standard InChI is InChI=1S/C24H27ClN4O2S.ClH/c1-29-9-7-14-12-19(32-20(14)13-29)23(31)28-21-4-2-3-8-24(21,26)22(30)18-11-15-10-16(25)5-6-17(15)27-18;/h5-6,10-12,21,27H,2-4,7-9,13,26H2,1H3,(H,28,31);1H. The number of H-pyrrole nitrogens is 1. The van der Waals surface area contributed by atoms with Crippen molar-refractivity contribution in [3.63, 3.8) is 0 Å². The predicted octanol–water partition coefficient (Wildman–Crippen LogP) is 4.55. The van der Waals surface area contributed by atoms with Crippen LogP contribution in [0.1, 0.15) is 56.3 Å². The third-order valence-corrected chi connectivity index (χ3v) is 8.20. The van der Waals surface area contributed by atoms with Crippen molar-refractivity contribution in [1.82, 2.24) is 15.2 Å². The van der Waals surface area contributed by atoms with Crippen molar-refractivity contribution >= 4 is 57.9 Å². The van der Waals surface area contributed by atoms with Crippen molar-refractivity contribution in [3.8, 4) is 0 Å². The quantitative estimate of drug-likeness (QED) is 0.452. The Hall–Kier alpha value is -1.90. The number of Topliss-reactive ketones (excluding diaryl/α,β-unsaturated/α-hetero) is 1. The second kappa shape index (κ2) is 9.39. The van der Waals surface area contributed by atoms with Crippen LogP contribution in [0.15, 0.2) is 30.3 Å². The summed E-state index contributed by atoms with van der Waals surface area (Å²) in [7, 11) is 2.09. The summed E-state index contributed by atoms with van der Waals surface area (Å²) in [5, 5.41) is 4.60. The van der Waals surface area contributed by atoms with Crippen molar-refractivity contribution in [2.75, 3.05) is 13.6 Å². The second-order valence-electron chi connectivity index (χ2n) is 9.10. The lowest BCUT2D eigenvalue weighted by Crippen LogP contribution is -2.64. The van der Waals surface area contributed by atoms with Gasteiger partial charge in [0, 0.05) is 33.9 Å². The number of thiophene rings is 1. The van der Waals surface area contributed by atoms with Gasteiger partial charge < -0.3 is 20.9 Å². The van der Waals surface area contributed by atoms with Crippen LogP contribution in [0.5, 0.6) is 0 Å². The van der Waals surface area contributed by atoms with Gasteiger partial charge in [-0.3, -0.25) is 9.59 Å². The van der Waals surface area contributed by atoms with Gasteiger partial charge in [0.15, 0.2) is 0 Å². The predicted molar refractivity (Wildman–Crippen MR) is 136 cm³/mol. The minimum absolute atomic E-state index is 0. The minimum atomic E-state index is -1.14. The molecule has 1 fully saturated rings. The second-order valence-corrected chi connectivity index (χ2v) is 10.7. The van der Waals surface area contributed by atoms with Crippen LogP contribution in [-0.2, 0) is 13.0 Å². The third kappa shape index (κ3) is 4.57. The molecule has 1 saturated carbocycles. The normalized spacial score (nSPS) is 23.1. The molecule has 176 valence electrons. The van der Waals surface area contributed by atoms with Crippen LogP contribution in [0.25, 0.3) is 10.9 Å². The Balaban J connectivity index is 0.00000259. The number of aromatic nitrogens is 1. The molecule has 5 rings (SSSR count). The number of nitrogens with two attached hydrogens (primary N) is 1. The van der Waals surface area contributed by atoms with E-state index in [9.17, 15) is 9.59 Å². The fourth-order valence-corrected chi connectivity index (χ4v) is 6.31. The summed E-state index contributed by atoms with van der Waals surface area (Å²) in [6.07, 6.45) is 3.99.